The molecule has 1 aromatic carbocycles. The Balaban J connectivity index is 2.56. The van der Waals surface area contributed by atoms with Crippen LogP contribution in [0.2, 0.25) is 0 Å². The summed E-state index contributed by atoms with van der Waals surface area (Å²) in [6, 6.07) is 4.22. The van der Waals surface area contributed by atoms with Crippen LogP contribution in [0.1, 0.15) is 16.8 Å². The fourth-order valence-corrected chi connectivity index (χ4v) is 2.32. The van der Waals surface area contributed by atoms with E-state index in [0.717, 1.165) is 23.6 Å². The molecule has 1 heterocycles. The number of methoxy groups -OCH3 is 1. The van der Waals surface area contributed by atoms with Crippen molar-refractivity contribution in [2.24, 2.45) is 7.05 Å². The van der Waals surface area contributed by atoms with Crippen LogP contribution in [-0.4, -0.2) is 23.7 Å². The summed E-state index contributed by atoms with van der Waals surface area (Å²) < 4.78 is 7.42. The molecule has 0 aliphatic carbocycles. The number of aromatic nitrogens is 2. The molecule has 19 heavy (non-hydrogen) atoms. The molecule has 0 saturated carbocycles. The fourth-order valence-electron chi connectivity index (χ4n) is 2.32. The van der Waals surface area contributed by atoms with E-state index in [-0.39, 0.29) is 0 Å². The van der Waals surface area contributed by atoms with Gasteiger partial charge in [-0.05, 0) is 44.2 Å². The van der Waals surface area contributed by atoms with Crippen molar-refractivity contribution >= 4 is 0 Å². The highest BCUT2D eigenvalue weighted by Crippen LogP contribution is 2.31. The van der Waals surface area contributed by atoms with Crippen LogP contribution in [-0.2, 0) is 13.6 Å². The van der Waals surface area contributed by atoms with Gasteiger partial charge < -0.3 is 14.6 Å². The number of ether oxygens (including phenoxy) is 1. The molecular formula is C15H21N3O. The Morgan fingerprint density at radius 1 is 1.26 bits per heavy atom. The van der Waals surface area contributed by atoms with Gasteiger partial charge in [0.2, 0.25) is 0 Å². The first kappa shape index (κ1) is 13.6. The van der Waals surface area contributed by atoms with Crippen molar-refractivity contribution < 1.29 is 4.74 Å². The summed E-state index contributed by atoms with van der Waals surface area (Å²) in [5.74, 6) is 0.923. The van der Waals surface area contributed by atoms with E-state index in [9.17, 15) is 0 Å². The smallest absolute Gasteiger partial charge is 0.122 e. The van der Waals surface area contributed by atoms with Gasteiger partial charge in [-0.25, -0.2) is 4.98 Å². The Morgan fingerprint density at radius 2 is 2.00 bits per heavy atom. The third kappa shape index (κ3) is 2.49. The fraction of sp³-hybridized carbons (Fsp3) is 0.400. The van der Waals surface area contributed by atoms with Crippen LogP contribution in [0.25, 0.3) is 11.3 Å². The maximum Gasteiger partial charge on any atom is 0.122 e. The highest BCUT2D eigenvalue weighted by Gasteiger charge is 2.14. The molecule has 0 fully saturated rings. The van der Waals surface area contributed by atoms with Gasteiger partial charge in [-0.3, -0.25) is 0 Å². The number of aryl methyl sites for hydroxylation is 3. The summed E-state index contributed by atoms with van der Waals surface area (Å²) in [7, 11) is 5.67. The van der Waals surface area contributed by atoms with Crippen molar-refractivity contribution in [1.82, 2.24) is 14.9 Å². The van der Waals surface area contributed by atoms with Gasteiger partial charge in [-0.2, -0.15) is 0 Å². The van der Waals surface area contributed by atoms with Crippen LogP contribution in [0.5, 0.6) is 5.75 Å². The van der Waals surface area contributed by atoms with E-state index in [1.165, 1.54) is 16.8 Å². The predicted octanol–water partition coefficient (Wildman–Crippen LogP) is 2.43. The number of rotatable bonds is 4. The van der Waals surface area contributed by atoms with Gasteiger partial charge in [-0.15, -0.1) is 0 Å². The number of nitrogens with one attached hydrogen (secondary N) is 1. The van der Waals surface area contributed by atoms with Crippen LogP contribution in [0.4, 0.5) is 0 Å². The molecule has 4 nitrogen and oxygen atoms in total. The normalized spacial score (nSPS) is 10.8. The third-order valence-corrected chi connectivity index (χ3v) is 3.40. The molecule has 0 atom stereocenters. The average Bonchev–Trinajstić information content (AvgIpc) is 2.74. The van der Waals surface area contributed by atoms with E-state index >= 15 is 0 Å². The van der Waals surface area contributed by atoms with Gasteiger partial charge in [0.1, 0.15) is 5.75 Å². The van der Waals surface area contributed by atoms with Crippen molar-refractivity contribution in [3.63, 3.8) is 0 Å². The van der Waals surface area contributed by atoms with Crippen molar-refractivity contribution in [3.8, 4) is 17.0 Å². The van der Waals surface area contributed by atoms with Crippen molar-refractivity contribution in [2.45, 2.75) is 20.4 Å². The second-order valence-corrected chi connectivity index (χ2v) is 4.82. The molecule has 0 unspecified atom stereocenters. The maximum atomic E-state index is 5.36. The first-order chi connectivity index (χ1) is 9.08. The third-order valence-electron chi connectivity index (χ3n) is 3.40. The molecule has 4 heteroatoms. The Morgan fingerprint density at radius 3 is 2.63 bits per heavy atom. The van der Waals surface area contributed by atoms with Crippen molar-refractivity contribution in [1.29, 1.82) is 0 Å². The first-order valence-electron chi connectivity index (χ1n) is 6.39. The van der Waals surface area contributed by atoms with Crippen LogP contribution >= 0.6 is 0 Å². The highest BCUT2D eigenvalue weighted by atomic mass is 16.5. The molecule has 1 N–H and O–H groups in total. The molecular weight excluding hydrogens is 238 g/mol. The van der Waals surface area contributed by atoms with Crippen molar-refractivity contribution in [3.05, 3.63) is 35.3 Å². The minimum absolute atomic E-state index is 0.802. The number of nitrogens with zero attached hydrogens (tertiary/aromatic N) is 2. The standard InChI is InChI=1S/C15H21N3O/c1-10-7-14(19-5)11(2)6-12(10)15-13(8-16-3)18(4)9-17-15/h6-7,9,16H,8H2,1-5H3. The molecule has 1 aromatic heterocycles. The molecule has 2 rings (SSSR count). The van der Waals surface area contributed by atoms with Crippen LogP contribution in [0, 0.1) is 13.8 Å². The first-order valence-corrected chi connectivity index (χ1v) is 6.39. The summed E-state index contributed by atoms with van der Waals surface area (Å²) in [6.45, 7) is 4.95. The largest absolute Gasteiger partial charge is 0.496 e. The predicted molar refractivity (Wildman–Crippen MR) is 77.4 cm³/mol. The van der Waals surface area contributed by atoms with Gasteiger partial charge in [0, 0.05) is 19.2 Å². The minimum Gasteiger partial charge on any atom is -0.496 e. The summed E-state index contributed by atoms with van der Waals surface area (Å²) in [5.41, 5.74) is 5.71. The van der Waals surface area contributed by atoms with E-state index in [1.807, 2.05) is 20.4 Å². The van der Waals surface area contributed by atoms with E-state index < -0.39 is 0 Å². The second-order valence-electron chi connectivity index (χ2n) is 4.82. The van der Waals surface area contributed by atoms with Gasteiger partial charge in [-0.1, -0.05) is 0 Å². The molecule has 0 aliphatic heterocycles. The van der Waals surface area contributed by atoms with Crippen LogP contribution < -0.4 is 10.1 Å². The number of benzene rings is 1. The minimum atomic E-state index is 0.802. The molecule has 2 aromatic rings. The molecule has 0 saturated heterocycles. The Kier molecular flexibility index (Phi) is 3.90. The quantitative estimate of drug-likeness (QED) is 0.916. The molecule has 0 amide bonds. The zero-order valence-electron chi connectivity index (χ0n) is 12.2. The number of hydrogen-bond acceptors (Lipinski definition) is 3. The van der Waals surface area contributed by atoms with Gasteiger partial charge in [0.25, 0.3) is 0 Å². The van der Waals surface area contributed by atoms with E-state index in [4.69, 9.17) is 4.74 Å². The zero-order chi connectivity index (χ0) is 14.0. The summed E-state index contributed by atoms with van der Waals surface area (Å²) >= 11 is 0. The summed E-state index contributed by atoms with van der Waals surface area (Å²) in [4.78, 5) is 4.54. The van der Waals surface area contributed by atoms with Gasteiger partial charge >= 0.3 is 0 Å². The van der Waals surface area contributed by atoms with E-state index in [1.54, 1.807) is 7.11 Å². The Bertz CT molecular complexity index is 587. The molecule has 0 spiro atoms. The number of hydrogen-bond donors (Lipinski definition) is 1. The lowest BCUT2D eigenvalue weighted by molar-refractivity contribution is 0.411. The second kappa shape index (κ2) is 5.45. The lowest BCUT2D eigenvalue weighted by Crippen LogP contribution is -2.10. The monoisotopic (exact) mass is 259 g/mol. The van der Waals surface area contributed by atoms with Crippen LogP contribution in [0.15, 0.2) is 18.5 Å². The summed E-state index contributed by atoms with van der Waals surface area (Å²) in [6.07, 6.45) is 1.86. The average molecular weight is 259 g/mol. The Hall–Kier alpha value is -1.81. The highest BCUT2D eigenvalue weighted by molar-refractivity contribution is 5.68. The lowest BCUT2D eigenvalue weighted by atomic mass is 10.0. The van der Waals surface area contributed by atoms with E-state index in [0.29, 0.717) is 0 Å². The number of imidazole rings is 1. The summed E-state index contributed by atoms with van der Waals surface area (Å²) in [5, 5.41) is 3.19. The van der Waals surface area contributed by atoms with Crippen LogP contribution in [0.3, 0.4) is 0 Å². The van der Waals surface area contributed by atoms with Gasteiger partial charge in [0.15, 0.2) is 0 Å². The maximum absolute atomic E-state index is 5.36. The zero-order valence-corrected chi connectivity index (χ0v) is 12.2. The van der Waals surface area contributed by atoms with E-state index in [2.05, 4.69) is 40.8 Å². The van der Waals surface area contributed by atoms with Crippen molar-refractivity contribution in [2.75, 3.05) is 14.2 Å². The lowest BCUT2D eigenvalue weighted by Gasteiger charge is -2.12. The molecule has 0 aliphatic rings. The topological polar surface area (TPSA) is 39.1 Å². The Labute approximate surface area is 114 Å². The molecule has 102 valence electrons. The van der Waals surface area contributed by atoms with Gasteiger partial charge in [0.05, 0.1) is 24.8 Å². The molecule has 0 radical (unpaired) electrons. The SMILES string of the molecule is CNCc1c(-c2cc(C)c(OC)cc2C)ncn1C. The molecule has 0 bridgehead atoms.